The number of hydrogen-bond acceptors (Lipinski definition) is 6. The minimum absolute atomic E-state index is 0.157. The second-order valence-electron chi connectivity index (χ2n) is 7.63. The molecule has 0 unspecified atom stereocenters. The molecular weight excluding hydrogens is 408 g/mol. The van der Waals surface area contributed by atoms with Crippen LogP contribution in [-0.4, -0.2) is 40.2 Å². The molecule has 3 rings (SSSR count). The van der Waals surface area contributed by atoms with Gasteiger partial charge in [-0.3, -0.25) is 9.59 Å². The average Bonchev–Trinajstić information content (AvgIpc) is 2.87. The highest BCUT2D eigenvalue weighted by molar-refractivity contribution is 7.94. The topological polar surface area (TPSA) is 102 Å². The normalized spacial score (nSPS) is 16.9. The first-order valence-electron chi connectivity index (χ1n) is 9.25. The van der Waals surface area contributed by atoms with E-state index in [1.165, 1.54) is 19.2 Å². The molecule has 0 atom stereocenters. The van der Waals surface area contributed by atoms with E-state index in [0.717, 1.165) is 9.87 Å². The smallest absolute Gasteiger partial charge is 0.251 e. The number of ether oxygens (including phenoxy) is 2. The Morgan fingerprint density at radius 1 is 1.10 bits per heavy atom. The van der Waals surface area contributed by atoms with Crippen LogP contribution in [0.3, 0.4) is 0 Å². The van der Waals surface area contributed by atoms with Gasteiger partial charge in [-0.25, -0.2) is 12.7 Å². The maximum Gasteiger partial charge on any atom is 0.251 e. The van der Waals surface area contributed by atoms with Gasteiger partial charge in [0, 0.05) is 12.1 Å². The largest absolute Gasteiger partial charge is 0.493 e. The number of anilines is 1. The Kier molecular flexibility index (Phi) is 5.76. The van der Waals surface area contributed by atoms with Crippen molar-refractivity contribution in [2.45, 2.75) is 20.4 Å². The van der Waals surface area contributed by atoms with Gasteiger partial charge in [0.2, 0.25) is 15.9 Å². The SMILES string of the molecule is COc1ccc(CNC(=O)c2cccc(N3C(=O)C(C)(C)CS3(=O)=O)c2)cc1OC. The van der Waals surface area contributed by atoms with Gasteiger partial charge in [0.1, 0.15) is 0 Å². The lowest BCUT2D eigenvalue weighted by atomic mass is 9.95. The summed E-state index contributed by atoms with van der Waals surface area (Å²) in [5.74, 6) is -0.0409. The lowest BCUT2D eigenvalue weighted by molar-refractivity contribution is -0.123. The predicted octanol–water partition coefficient (Wildman–Crippen LogP) is 2.34. The summed E-state index contributed by atoms with van der Waals surface area (Å²) in [5, 5.41) is 2.78. The van der Waals surface area contributed by atoms with E-state index in [1.54, 1.807) is 51.3 Å². The van der Waals surface area contributed by atoms with Crippen molar-refractivity contribution in [1.29, 1.82) is 0 Å². The third-order valence-electron chi connectivity index (χ3n) is 4.83. The summed E-state index contributed by atoms with van der Waals surface area (Å²) < 4.78 is 36.2. The number of rotatable bonds is 6. The van der Waals surface area contributed by atoms with Crippen LogP contribution in [0.4, 0.5) is 5.69 Å². The number of amides is 2. The number of benzene rings is 2. The molecule has 160 valence electrons. The number of carbonyl (C=O) groups excluding carboxylic acids is 2. The average molecular weight is 432 g/mol. The first-order valence-corrected chi connectivity index (χ1v) is 10.9. The van der Waals surface area contributed by atoms with Crippen LogP contribution in [0, 0.1) is 5.41 Å². The molecule has 9 heteroatoms. The van der Waals surface area contributed by atoms with Crippen molar-refractivity contribution in [3.05, 3.63) is 53.6 Å². The molecule has 2 aromatic carbocycles. The summed E-state index contributed by atoms with van der Waals surface area (Å²) >= 11 is 0. The van der Waals surface area contributed by atoms with E-state index in [1.807, 2.05) is 0 Å². The van der Waals surface area contributed by atoms with Crippen LogP contribution in [0.2, 0.25) is 0 Å². The van der Waals surface area contributed by atoms with Crippen LogP contribution >= 0.6 is 0 Å². The Labute approximate surface area is 175 Å². The van der Waals surface area contributed by atoms with Gasteiger partial charge in [0.15, 0.2) is 11.5 Å². The second kappa shape index (κ2) is 7.98. The maximum atomic E-state index is 12.6. The van der Waals surface area contributed by atoms with Crippen molar-refractivity contribution in [1.82, 2.24) is 5.32 Å². The molecule has 1 fully saturated rings. The van der Waals surface area contributed by atoms with Crippen LogP contribution < -0.4 is 19.1 Å². The number of sulfonamides is 1. The molecule has 0 radical (unpaired) electrons. The van der Waals surface area contributed by atoms with Gasteiger partial charge in [0.25, 0.3) is 5.91 Å². The monoisotopic (exact) mass is 432 g/mol. The summed E-state index contributed by atoms with van der Waals surface area (Å²) in [4.78, 5) is 25.2. The zero-order valence-corrected chi connectivity index (χ0v) is 18.1. The minimum atomic E-state index is -3.78. The van der Waals surface area contributed by atoms with Crippen LogP contribution in [-0.2, 0) is 21.4 Å². The van der Waals surface area contributed by atoms with E-state index in [0.29, 0.717) is 11.5 Å². The molecular formula is C21H24N2O6S. The zero-order chi connectivity index (χ0) is 22.1. The van der Waals surface area contributed by atoms with E-state index < -0.39 is 27.3 Å². The Morgan fingerprint density at radius 2 is 1.80 bits per heavy atom. The molecule has 2 aromatic rings. The van der Waals surface area contributed by atoms with E-state index in [2.05, 4.69) is 5.32 Å². The number of nitrogens with zero attached hydrogens (tertiary/aromatic N) is 1. The predicted molar refractivity (Wildman–Crippen MR) is 112 cm³/mol. The van der Waals surface area contributed by atoms with Gasteiger partial charge < -0.3 is 14.8 Å². The van der Waals surface area contributed by atoms with Crippen molar-refractivity contribution >= 4 is 27.5 Å². The van der Waals surface area contributed by atoms with Crippen molar-refractivity contribution in [2.24, 2.45) is 5.41 Å². The van der Waals surface area contributed by atoms with Gasteiger partial charge in [0.05, 0.1) is 31.1 Å². The number of carbonyl (C=O) groups is 2. The van der Waals surface area contributed by atoms with Crippen LogP contribution in [0.25, 0.3) is 0 Å². The first kappa shape index (κ1) is 21.6. The molecule has 1 aliphatic rings. The molecule has 1 saturated heterocycles. The lowest BCUT2D eigenvalue weighted by Gasteiger charge is -2.18. The van der Waals surface area contributed by atoms with Crippen molar-refractivity contribution < 1.29 is 27.5 Å². The molecule has 0 spiro atoms. The number of methoxy groups -OCH3 is 2. The minimum Gasteiger partial charge on any atom is -0.493 e. The molecule has 0 aromatic heterocycles. The maximum absolute atomic E-state index is 12.6. The summed E-state index contributed by atoms with van der Waals surface area (Å²) in [5.41, 5.74) is 0.200. The van der Waals surface area contributed by atoms with Crippen molar-refractivity contribution in [3.63, 3.8) is 0 Å². The molecule has 1 heterocycles. The molecule has 0 saturated carbocycles. The zero-order valence-electron chi connectivity index (χ0n) is 17.3. The fourth-order valence-corrected chi connectivity index (χ4v) is 5.41. The molecule has 0 aliphatic carbocycles. The van der Waals surface area contributed by atoms with Crippen LogP contribution in [0.15, 0.2) is 42.5 Å². The second-order valence-corrected chi connectivity index (χ2v) is 9.45. The standard InChI is InChI=1S/C21H24N2O6S/c1-21(2)13-30(26,27)23(20(21)25)16-7-5-6-15(11-16)19(24)22-12-14-8-9-17(28-3)18(10-14)29-4/h5-11H,12-13H2,1-4H3,(H,22,24). The van der Waals surface area contributed by atoms with E-state index in [4.69, 9.17) is 9.47 Å². The highest BCUT2D eigenvalue weighted by Gasteiger charge is 2.49. The third-order valence-corrected chi connectivity index (χ3v) is 6.85. The van der Waals surface area contributed by atoms with Gasteiger partial charge in [-0.2, -0.15) is 0 Å². The summed E-state index contributed by atoms with van der Waals surface area (Å²) in [6.07, 6.45) is 0. The fourth-order valence-electron chi connectivity index (χ4n) is 3.31. The summed E-state index contributed by atoms with van der Waals surface area (Å²) in [6.45, 7) is 3.41. The van der Waals surface area contributed by atoms with Gasteiger partial charge in [-0.1, -0.05) is 12.1 Å². The number of nitrogens with one attached hydrogen (secondary N) is 1. The van der Waals surface area contributed by atoms with Crippen molar-refractivity contribution in [2.75, 3.05) is 24.3 Å². The van der Waals surface area contributed by atoms with Crippen LogP contribution in [0.5, 0.6) is 11.5 Å². The summed E-state index contributed by atoms with van der Waals surface area (Å²) in [7, 11) is -0.714. The highest BCUT2D eigenvalue weighted by Crippen LogP contribution is 2.36. The van der Waals surface area contributed by atoms with E-state index in [-0.39, 0.29) is 23.5 Å². The fraction of sp³-hybridized carbons (Fsp3) is 0.333. The molecule has 2 amide bonds. The summed E-state index contributed by atoms with van der Waals surface area (Å²) in [6, 6.07) is 11.3. The van der Waals surface area contributed by atoms with E-state index >= 15 is 0 Å². The quantitative estimate of drug-likeness (QED) is 0.752. The molecule has 30 heavy (non-hydrogen) atoms. The molecule has 1 aliphatic heterocycles. The lowest BCUT2D eigenvalue weighted by Crippen LogP contribution is -2.33. The van der Waals surface area contributed by atoms with E-state index in [9.17, 15) is 18.0 Å². The molecule has 0 bridgehead atoms. The van der Waals surface area contributed by atoms with Gasteiger partial charge >= 0.3 is 0 Å². The van der Waals surface area contributed by atoms with Gasteiger partial charge in [-0.15, -0.1) is 0 Å². The Morgan fingerprint density at radius 3 is 2.40 bits per heavy atom. The van der Waals surface area contributed by atoms with Crippen LogP contribution in [0.1, 0.15) is 29.8 Å². The Bertz CT molecular complexity index is 1090. The molecule has 1 N–H and O–H groups in total. The Balaban J connectivity index is 1.78. The van der Waals surface area contributed by atoms with Gasteiger partial charge in [-0.05, 0) is 49.7 Å². The highest BCUT2D eigenvalue weighted by atomic mass is 32.2. The van der Waals surface area contributed by atoms with Crippen molar-refractivity contribution in [3.8, 4) is 11.5 Å². The molecule has 8 nitrogen and oxygen atoms in total. The number of hydrogen-bond donors (Lipinski definition) is 1. The Hall–Kier alpha value is -3.07. The first-order chi connectivity index (χ1) is 14.1. The third kappa shape index (κ3) is 4.11.